The molecule has 0 spiro atoms. The summed E-state index contributed by atoms with van der Waals surface area (Å²) >= 11 is 12.1. The third-order valence-corrected chi connectivity index (χ3v) is 3.58. The van der Waals surface area contributed by atoms with Crippen LogP contribution in [0.4, 0.5) is 11.8 Å². The van der Waals surface area contributed by atoms with Crippen molar-refractivity contribution in [2.24, 2.45) is 0 Å². The lowest BCUT2D eigenvalue weighted by molar-refractivity contribution is 0.233. The molecule has 1 aromatic carbocycles. The maximum Gasteiger partial charge on any atom is 0.245 e. The third kappa shape index (κ3) is 4.10. The minimum Gasteiger partial charge on any atom is -0.394 e. The van der Waals surface area contributed by atoms with E-state index in [9.17, 15) is 5.11 Å². The summed E-state index contributed by atoms with van der Waals surface area (Å²) in [6.07, 6.45) is 0. The van der Waals surface area contributed by atoms with Gasteiger partial charge < -0.3 is 16.2 Å². The lowest BCUT2D eigenvalue weighted by Crippen LogP contribution is -2.36. The van der Waals surface area contributed by atoms with Crippen LogP contribution in [0.3, 0.4) is 0 Å². The van der Waals surface area contributed by atoms with Crippen molar-refractivity contribution in [3.8, 4) is 11.3 Å². The molecular formula is C13H16Cl3N5O. The molecule has 0 aliphatic carbocycles. The zero-order valence-corrected chi connectivity index (χ0v) is 14.3. The second-order valence-electron chi connectivity index (χ2n) is 5.14. The van der Waals surface area contributed by atoms with Crippen molar-refractivity contribution in [2.45, 2.75) is 19.4 Å². The van der Waals surface area contributed by atoms with Crippen molar-refractivity contribution in [3.05, 3.63) is 28.2 Å². The predicted molar refractivity (Wildman–Crippen MR) is 91.7 cm³/mol. The summed E-state index contributed by atoms with van der Waals surface area (Å²) < 4.78 is 0. The molecule has 0 aliphatic rings. The Balaban J connectivity index is 0.00000242. The Bertz CT molecular complexity index is 666. The molecule has 22 heavy (non-hydrogen) atoms. The number of aromatic nitrogens is 3. The van der Waals surface area contributed by atoms with Crippen LogP contribution in [0, 0.1) is 0 Å². The maximum absolute atomic E-state index is 9.22. The highest BCUT2D eigenvalue weighted by Gasteiger charge is 2.19. The first-order chi connectivity index (χ1) is 9.84. The Morgan fingerprint density at radius 1 is 1.27 bits per heavy atom. The summed E-state index contributed by atoms with van der Waals surface area (Å²) in [6, 6.07) is 5.15. The molecule has 4 N–H and O–H groups in total. The van der Waals surface area contributed by atoms with Crippen molar-refractivity contribution in [1.82, 2.24) is 15.2 Å². The van der Waals surface area contributed by atoms with Gasteiger partial charge in [-0.2, -0.15) is 4.98 Å². The Morgan fingerprint density at radius 3 is 2.55 bits per heavy atom. The summed E-state index contributed by atoms with van der Waals surface area (Å²) in [5.41, 5.74) is 6.26. The van der Waals surface area contributed by atoms with Gasteiger partial charge in [-0.1, -0.05) is 35.3 Å². The van der Waals surface area contributed by atoms with E-state index in [0.717, 1.165) is 0 Å². The van der Waals surface area contributed by atoms with Gasteiger partial charge in [-0.15, -0.1) is 22.6 Å². The summed E-state index contributed by atoms with van der Waals surface area (Å²) in [7, 11) is 0. The first-order valence-corrected chi connectivity index (χ1v) is 6.93. The number of nitrogens with two attached hydrogens (primary N) is 1. The molecule has 0 bridgehead atoms. The molecule has 2 aromatic rings. The van der Waals surface area contributed by atoms with Crippen LogP contribution in [-0.4, -0.2) is 32.4 Å². The number of halogens is 3. The number of nitrogen functional groups attached to an aromatic ring is 1. The topological polar surface area (TPSA) is 97.0 Å². The first-order valence-electron chi connectivity index (χ1n) is 6.17. The van der Waals surface area contributed by atoms with Gasteiger partial charge >= 0.3 is 0 Å². The normalized spacial score (nSPS) is 11.0. The monoisotopic (exact) mass is 363 g/mol. The van der Waals surface area contributed by atoms with Crippen molar-refractivity contribution in [3.63, 3.8) is 0 Å². The number of aliphatic hydroxyl groups is 1. The fourth-order valence-electron chi connectivity index (χ4n) is 1.61. The molecular weight excluding hydrogens is 349 g/mol. The van der Waals surface area contributed by atoms with Gasteiger partial charge in [0.05, 0.1) is 22.2 Å². The molecule has 1 aromatic heterocycles. The number of hydrogen-bond donors (Lipinski definition) is 3. The average molecular weight is 365 g/mol. The van der Waals surface area contributed by atoms with Gasteiger partial charge in [0.15, 0.2) is 5.82 Å². The van der Waals surface area contributed by atoms with Crippen LogP contribution in [0.25, 0.3) is 11.3 Å². The third-order valence-electron chi connectivity index (χ3n) is 2.77. The fraction of sp³-hybridized carbons (Fsp3) is 0.308. The Labute approximate surface area is 144 Å². The van der Waals surface area contributed by atoms with Crippen LogP contribution in [0.1, 0.15) is 13.8 Å². The van der Waals surface area contributed by atoms with Crippen molar-refractivity contribution >= 4 is 47.4 Å². The van der Waals surface area contributed by atoms with E-state index in [0.29, 0.717) is 21.3 Å². The van der Waals surface area contributed by atoms with Gasteiger partial charge in [-0.25, -0.2) is 0 Å². The number of nitrogens with one attached hydrogen (secondary N) is 1. The minimum atomic E-state index is -0.580. The highest BCUT2D eigenvalue weighted by molar-refractivity contribution is 6.43. The summed E-state index contributed by atoms with van der Waals surface area (Å²) in [6.45, 7) is 3.51. The molecule has 9 heteroatoms. The number of benzene rings is 1. The standard InChI is InChI=1S/C13H15Cl2N5O.ClH/c1-13(2,6-21)18-12-17-11(16)10(19-20-12)7-4-3-5-8(14)9(7)15;/h3-5,21H,6H2,1-2H3,(H3,16,17,18,20);1H. The van der Waals surface area contributed by atoms with Gasteiger partial charge in [0.2, 0.25) is 5.95 Å². The van der Waals surface area contributed by atoms with Crippen molar-refractivity contribution in [2.75, 3.05) is 17.7 Å². The average Bonchev–Trinajstić information content (AvgIpc) is 2.42. The molecule has 1 heterocycles. The van der Waals surface area contributed by atoms with Crippen molar-refractivity contribution in [1.29, 1.82) is 0 Å². The van der Waals surface area contributed by atoms with Crippen LogP contribution < -0.4 is 11.1 Å². The fourth-order valence-corrected chi connectivity index (χ4v) is 2.00. The van der Waals surface area contributed by atoms with Gasteiger partial charge in [-0.3, -0.25) is 0 Å². The van der Waals surface area contributed by atoms with Crippen LogP contribution in [-0.2, 0) is 0 Å². The number of nitrogens with zero attached hydrogens (tertiary/aromatic N) is 3. The Kier molecular flexibility index (Phi) is 6.19. The van der Waals surface area contributed by atoms with Gasteiger partial charge in [-0.05, 0) is 19.9 Å². The highest BCUT2D eigenvalue weighted by atomic mass is 35.5. The van der Waals surface area contributed by atoms with E-state index in [2.05, 4.69) is 20.5 Å². The van der Waals surface area contributed by atoms with Gasteiger partial charge in [0.25, 0.3) is 0 Å². The van der Waals surface area contributed by atoms with Crippen LogP contribution in [0.15, 0.2) is 18.2 Å². The van der Waals surface area contributed by atoms with Gasteiger partial charge in [0.1, 0.15) is 5.69 Å². The predicted octanol–water partition coefficient (Wildman–Crippen LogP) is 3.03. The molecule has 2 rings (SSSR count). The van der Waals surface area contributed by atoms with E-state index in [1.54, 1.807) is 32.0 Å². The number of hydrogen-bond acceptors (Lipinski definition) is 6. The van der Waals surface area contributed by atoms with E-state index < -0.39 is 5.54 Å². The first kappa shape index (κ1) is 18.7. The Hall–Kier alpha value is -1.34. The molecule has 0 radical (unpaired) electrons. The second kappa shape index (κ2) is 7.28. The second-order valence-corrected chi connectivity index (χ2v) is 5.92. The summed E-state index contributed by atoms with van der Waals surface area (Å²) in [5.74, 6) is 0.402. The zero-order chi connectivity index (χ0) is 15.6. The SMILES string of the molecule is CC(C)(CO)Nc1nnc(-c2cccc(Cl)c2Cl)c(N)n1.Cl. The molecule has 0 fully saturated rings. The minimum absolute atomic E-state index is 0. The van der Waals surface area contributed by atoms with E-state index in [1.807, 2.05) is 0 Å². The largest absolute Gasteiger partial charge is 0.394 e. The summed E-state index contributed by atoms with van der Waals surface area (Å²) in [5, 5.41) is 20.9. The molecule has 0 amide bonds. The molecule has 0 atom stereocenters. The zero-order valence-electron chi connectivity index (χ0n) is 12.0. The van der Waals surface area contributed by atoms with Crippen LogP contribution in [0.2, 0.25) is 10.0 Å². The maximum atomic E-state index is 9.22. The molecule has 120 valence electrons. The van der Waals surface area contributed by atoms with Crippen LogP contribution >= 0.6 is 35.6 Å². The van der Waals surface area contributed by atoms with E-state index in [1.165, 1.54) is 0 Å². The molecule has 0 aliphatic heterocycles. The van der Waals surface area contributed by atoms with Gasteiger partial charge in [0, 0.05) is 5.56 Å². The quantitative estimate of drug-likeness (QED) is 0.771. The molecule has 0 saturated heterocycles. The van der Waals surface area contributed by atoms with E-state index in [4.69, 9.17) is 28.9 Å². The Morgan fingerprint density at radius 2 is 1.95 bits per heavy atom. The highest BCUT2D eigenvalue weighted by Crippen LogP contribution is 2.34. The lowest BCUT2D eigenvalue weighted by atomic mass is 10.1. The summed E-state index contributed by atoms with van der Waals surface area (Å²) in [4.78, 5) is 4.13. The lowest BCUT2D eigenvalue weighted by Gasteiger charge is -2.23. The van der Waals surface area contributed by atoms with E-state index in [-0.39, 0.29) is 30.8 Å². The van der Waals surface area contributed by atoms with Crippen LogP contribution in [0.5, 0.6) is 0 Å². The number of aliphatic hydroxyl groups excluding tert-OH is 1. The molecule has 0 unspecified atom stereocenters. The number of anilines is 2. The molecule has 6 nitrogen and oxygen atoms in total. The number of rotatable bonds is 4. The van der Waals surface area contributed by atoms with Crippen molar-refractivity contribution < 1.29 is 5.11 Å². The van der Waals surface area contributed by atoms with E-state index >= 15 is 0 Å². The smallest absolute Gasteiger partial charge is 0.245 e. The molecule has 0 saturated carbocycles.